The molecule has 2 saturated heterocycles. The van der Waals surface area contributed by atoms with Gasteiger partial charge in [0.2, 0.25) is 5.91 Å². The molecule has 0 aromatic carbocycles. The average Bonchev–Trinajstić information content (AvgIpc) is 3.55. The van der Waals surface area contributed by atoms with Gasteiger partial charge in [-0.1, -0.05) is 27.7 Å². The lowest BCUT2D eigenvalue weighted by Gasteiger charge is -2.34. The Bertz CT molecular complexity index is 1020. The minimum absolute atomic E-state index is 0.0574. The van der Waals surface area contributed by atoms with Crippen LogP contribution in [0.15, 0.2) is 6.07 Å². The van der Waals surface area contributed by atoms with Gasteiger partial charge in [0.1, 0.15) is 4.88 Å². The van der Waals surface area contributed by atoms with Gasteiger partial charge in [0.15, 0.2) is 6.10 Å². The first kappa shape index (κ1) is 26.4. The smallest absolute Gasteiger partial charge is 0.410 e. The molecule has 0 spiro atoms. The van der Waals surface area contributed by atoms with Gasteiger partial charge in [-0.15, -0.1) is 11.3 Å². The quantitative estimate of drug-likeness (QED) is 0.607. The monoisotopic (exact) mass is 519 g/mol. The zero-order chi connectivity index (χ0) is 26.2. The molecule has 1 aromatic rings. The van der Waals surface area contributed by atoms with E-state index in [9.17, 15) is 24.3 Å². The van der Waals surface area contributed by atoms with Crippen molar-refractivity contribution >= 4 is 40.9 Å². The number of carboxylic acid groups (broad SMARTS) is 1. The Morgan fingerprint density at radius 1 is 1.14 bits per heavy atom. The Morgan fingerprint density at radius 3 is 2.42 bits per heavy atom. The fourth-order valence-corrected chi connectivity index (χ4v) is 6.33. The second kappa shape index (κ2) is 10.4. The van der Waals surface area contributed by atoms with E-state index in [1.165, 1.54) is 16.2 Å². The lowest BCUT2D eigenvalue weighted by atomic mass is 9.82. The summed E-state index contributed by atoms with van der Waals surface area (Å²) in [5, 5.41) is 12.7. The summed E-state index contributed by atoms with van der Waals surface area (Å²) >= 11 is 1.21. The molecule has 2 atom stereocenters. The number of nitrogens with one attached hydrogen (secondary N) is 1. The number of thiophene rings is 1. The highest BCUT2D eigenvalue weighted by atomic mass is 32.1. The number of ether oxygens (including phenoxy) is 1. The van der Waals surface area contributed by atoms with Gasteiger partial charge in [-0.05, 0) is 49.5 Å². The molecule has 1 aliphatic carbocycles. The van der Waals surface area contributed by atoms with Crippen LogP contribution in [-0.4, -0.2) is 65.7 Å². The van der Waals surface area contributed by atoms with Crippen molar-refractivity contribution in [3.05, 3.63) is 15.8 Å². The molecule has 2 aliphatic heterocycles. The molecule has 1 saturated carbocycles. The molecule has 4 rings (SSSR count). The van der Waals surface area contributed by atoms with E-state index in [0.29, 0.717) is 37.5 Å². The second-order valence-corrected chi connectivity index (χ2v) is 12.4. The molecule has 2 N–H and O–H groups in total. The number of hydrogen-bond acceptors (Lipinski definition) is 6. The maximum Gasteiger partial charge on any atom is 0.410 e. The zero-order valence-corrected chi connectivity index (χ0v) is 22.4. The van der Waals surface area contributed by atoms with Gasteiger partial charge < -0.3 is 25.0 Å². The molecule has 3 amide bonds. The van der Waals surface area contributed by atoms with E-state index in [2.05, 4.69) is 12.2 Å². The van der Waals surface area contributed by atoms with E-state index in [0.717, 1.165) is 30.6 Å². The Balaban J connectivity index is 1.61. The third-order valence-corrected chi connectivity index (χ3v) is 9.07. The molecule has 0 unspecified atom stereocenters. The summed E-state index contributed by atoms with van der Waals surface area (Å²) in [4.78, 5) is 55.1. The van der Waals surface area contributed by atoms with Crippen molar-refractivity contribution in [2.45, 2.75) is 83.8 Å². The standard InChI is InChI=1S/C26H37N3O6S/c1-15-5-7-16(8-6-15)23(31)29(18-13-20(26(2,3)4)36-21(18)24(32)33)17-10-12-28(14-17)25(34)35-19-9-11-27-22(19)30/h13,15-17,19H,5-12,14H2,1-4H3,(H,27,30)(H,32,33)/t15?,16?,17-,19-/m0/s1. The third kappa shape index (κ3) is 5.53. The third-order valence-electron chi connectivity index (χ3n) is 7.54. The number of carboxylic acids is 1. The predicted molar refractivity (Wildman–Crippen MR) is 136 cm³/mol. The van der Waals surface area contributed by atoms with Crippen LogP contribution >= 0.6 is 11.3 Å². The number of carbonyl (C=O) groups excluding carboxylic acids is 3. The molecule has 0 bridgehead atoms. The molecule has 10 heteroatoms. The van der Waals surface area contributed by atoms with E-state index in [1.54, 1.807) is 4.90 Å². The van der Waals surface area contributed by atoms with Crippen molar-refractivity contribution in [1.82, 2.24) is 10.2 Å². The summed E-state index contributed by atoms with van der Waals surface area (Å²) in [6.45, 7) is 9.36. The van der Waals surface area contributed by atoms with Gasteiger partial charge in [0.25, 0.3) is 5.91 Å². The van der Waals surface area contributed by atoms with Crippen molar-refractivity contribution in [1.29, 1.82) is 0 Å². The van der Waals surface area contributed by atoms with Gasteiger partial charge in [-0.25, -0.2) is 9.59 Å². The second-order valence-electron chi connectivity index (χ2n) is 11.4. The van der Waals surface area contributed by atoms with Crippen LogP contribution in [0.2, 0.25) is 0 Å². The molecular weight excluding hydrogens is 482 g/mol. The minimum atomic E-state index is -1.05. The number of hydrogen-bond donors (Lipinski definition) is 2. The van der Waals surface area contributed by atoms with Gasteiger partial charge in [0.05, 0.1) is 11.7 Å². The molecule has 198 valence electrons. The Morgan fingerprint density at radius 2 is 1.83 bits per heavy atom. The van der Waals surface area contributed by atoms with Crippen LogP contribution in [0.25, 0.3) is 0 Å². The molecule has 3 fully saturated rings. The largest absolute Gasteiger partial charge is 0.477 e. The van der Waals surface area contributed by atoms with Crippen molar-refractivity contribution in [3.8, 4) is 0 Å². The Labute approximate surface area is 216 Å². The topological polar surface area (TPSA) is 116 Å². The highest BCUT2D eigenvalue weighted by Crippen LogP contribution is 2.41. The van der Waals surface area contributed by atoms with Crippen molar-refractivity contribution < 1.29 is 29.0 Å². The zero-order valence-electron chi connectivity index (χ0n) is 21.5. The van der Waals surface area contributed by atoms with E-state index in [4.69, 9.17) is 4.74 Å². The van der Waals surface area contributed by atoms with E-state index < -0.39 is 18.2 Å². The number of nitrogens with zero attached hydrogens (tertiary/aromatic N) is 2. The predicted octanol–water partition coefficient (Wildman–Crippen LogP) is 4.00. The molecule has 1 aromatic heterocycles. The van der Waals surface area contributed by atoms with Crippen LogP contribution in [0, 0.1) is 11.8 Å². The van der Waals surface area contributed by atoms with Crippen LogP contribution in [0.1, 0.15) is 80.8 Å². The fraction of sp³-hybridized carbons (Fsp3) is 0.692. The number of aromatic carboxylic acids is 1. The van der Waals surface area contributed by atoms with E-state index in [-0.39, 0.29) is 40.6 Å². The number of anilines is 1. The van der Waals surface area contributed by atoms with Crippen molar-refractivity contribution in [2.75, 3.05) is 24.5 Å². The summed E-state index contributed by atoms with van der Waals surface area (Å²) in [7, 11) is 0. The maximum absolute atomic E-state index is 14.0. The highest BCUT2D eigenvalue weighted by Gasteiger charge is 2.41. The van der Waals surface area contributed by atoms with Crippen molar-refractivity contribution in [2.24, 2.45) is 11.8 Å². The van der Waals surface area contributed by atoms with Crippen LogP contribution in [0.5, 0.6) is 0 Å². The lowest BCUT2D eigenvalue weighted by Crippen LogP contribution is -2.47. The Hall–Kier alpha value is -2.62. The Kier molecular flexibility index (Phi) is 7.64. The number of carbonyl (C=O) groups is 4. The lowest BCUT2D eigenvalue weighted by molar-refractivity contribution is -0.126. The summed E-state index contributed by atoms with van der Waals surface area (Å²) in [6.07, 6.45) is 3.11. The maximum atomic E-state index is 14.0. The van der Waals surface area contributed by atoms with Gasteiger partial charge in [-0.3, -0.25) is 9.59 Å². The first-order valence-corrected chi connectivity index (χ1v) is 13.7. The summed E-state index contributed by atoms with van der Waals surface area (Å²) in [6, 6.07) is 1.49. The first-order chi connectivity index (χ1) is 17.0. The van der Waals surface area contributed by atoms with Crippen LogP contribution < -0.4 is 10.2 Å². The van der Waals surface area contributed by atoms with Gasteiger partial charge >= 0.3 is 12.1 Å². The van der Waals surface area contributed by atoms with E-state index >= 15 is 0 Å². The normalized spacial score (nSPS) is 26.6. The SMILES string of the molecule is CC1CCC(C(=O)N(c2cc(C(C)(C)C)sc2C(=O)O)[C@H]2CCN(C(=O)O[C@H]3CCNC3=O)C2)CC1. The first-order valence-electron chi connectivity index (χ1n) is 12.9. The minimum Gasteiger partial charge on any atom is -0.477 e. The molecule has 3 heterocycles. The molecule has 9 nitrogen and oxygen atoms in total. The number of rotatable bonds is 5. The van der Waals surface area contributed by atoms with Crippen LogP contribution in [0.3, 0.4) is 0 Å². The number of amides is 3. The fourth-order valence-electron chi connectivity index (χ4n) is 5.28. The molecule has 0 radical (unpaired) electrons. The summed E-state index contributed by atoms with van der Waals surface area (Å²) < 4.78 is 5.42. The molecule has 3 aliphatic rings. The van der Waals surface area contributed by atoms with Crippen molar-refractivity contribution in [3.63, 3.8) is 0 Å². The highest BCUT2D eigenvalue weighted by molar-refractivity contribution is 7.14. The summed E-state index contributed by atoms with van der Waals surface area (Å²) in [5.74, 6) is -0.985. The summed E-state index contributed by atoms with van der Waals surface area (Å²) in [5.41, 5.74) is 0.159. The molecule has 36 heavy (non-hydrogen) atoms. The average molecular weight is 520 g/mol. The van der Waals surface area contributed by atoms with Crippen LogP contribution in [0.4, 0.5) is 10.5 Å². The van der Waals surface area contributed by atoms with Gasteiger partial charge in [-0.2, -0.15) is 0 Å². The van der Waals surface area contributed by atoms with E-state index in [1.807, 2.05) is 26.8 Å². The van der Waals surface area contributed by atoms with Gasteiger partial charge in [0, 0.05) is 36.9 Å². The van der Waals surface area contributed by atoms with Crippen LogP contribution in [-0.2, 0) is 19.7 Å². The number of likely N-dealkylation sites (tertiary alicyclic amines) is 1. The molecular formula is C26H37N3O6S.